The van der Waals surface area contributed by atoms with Gasteiger partial charge in [0.1, 0.15) is 5.82 Å². The zero-order valence-corrected chi connectivity index (χ0v) is 15.4. The lowest BCUT2D eigenvalue weighted by atomic mass is 9.73. The molecular weight excluding hydrogens is 319 g/mol. The number of nitrogens with zero attached hydrogens (tertiary/aromatic N) is 4. The molecule has 0 saturated carbocycles. The maximum Gasteiger partial charge on any atom is 0.237 e. The highest BCUT2D eigenvalue weighted by molar-refractivity contribution is 6.08. The summed E-state index contributed by atoms with van der Waals surface area (Å²) in [6.07, 6.45) is 1.40. The van der Waals surface area contributed by atoms with Crippen LogP contribution in [0, 0.1) is 5.82 Å². The molecule has 1 spiro atoms. The van der Waals surface area contributed by atoms with Crippen molar-refractivity contribution in [3.63, 3.8) is 0 Å². The Morgan fingerprint density at radius 2 is 1.52 bits per heavy atom. The van der Waals surface area contributed by atoms with Crippen LogP contribution in [0.15, 0.2) is 12.1 Å². The molecule has 5 nitrogen and oxygen atoms in total. The maximum atomic E-state index is 15.2. The van der Waals surface area contributed by atoms with E-state index in [1.165, 1.54) is 0 Å². The van der Waals surface area contributed by atoms with Crippen molar-refractivity contribution >= 4 is 17.3 Å². The molecule has 0 N–H and O–H groups in total. The quantitative estimate of drug-likeness (QED) is 0.771. The summed E-state index contributed by atoms with van der Waals surface area (Å²) in [5.41, 5.74) is 1.63. The van der Waals surface area contributed by atoms with Crippen molar-refractivity contribution in [2.24, 2.45) is 0 Å². The second kappa shape index (κ2) is 5.95. The van der Waals surface area contributed by atoms with E-state index in [0.717, 1.165) is 50.6 Å². The highest BCUT2D eigenvalue weighted by Gasteiger charge is 2.52. The Morgan fingerprint density at radius 1 is 0.920 bits per heavy atom. The van der Waals surface area contributed by atoms with Gasteiger partial charge in [-0.2, -0.15) is 0 Å². The Morgan fingerprint density at radius 3 is 2.16 bits per heavy atom. The van der Waals surface area contributed by atoms with Crippen LogP contribution in [0.2, 0.25) is 0 Å². The molecule has 6 heteroatoms. The molecule has 0 bridgehead atoms. The number of piperidine rings is 1. The molecule has 3 heterocycles. The Labute approximate surface area is 149 Å². The number of piperazine rings is 1. The number of carbonyl (C=O) groups is 1. The molecule has 3 aliphatic rings. The minimum atomic E-state index is -0.665. The predicted octanol–water partition coefficient (Wildman–Crippen LogP) is 1.52. The van der Waals surface area contributed by atoms with Crippen molar-refractivity contribution in [2.75, 3.05) is 70.2 Å². The number of halogens is 1. The normalized spacial score (nSPS) is 24.2. The summed E-state index contributed by atoms with van der Waals surface area (Å²) in [5, 5.41) is 0. The summed E-state index contributed by atoms with van der Waals surface area (Å²) in [6, 6.07) is 3.67. The first-order valence-electron chi connectivity index (χ1n) is 9.16. The number of carbonyl (C=O) groups excluding carboxylic acids is 1. The Hall–Kier alpha value is -1.66. The molecule has 1 amide bonds. The first kappa shape index (κ1) is 16.8. The van der Waals surface area contributed by atoms with E-state index < -0.39 is 5.41 Å². The number of anilines is 2. The molecule has 0 atom stereocenters. The zero-order valence-electron chi connectivity index (χ0n) is 15.4. The molecule has 25 heavy (non-hydrogen) atoms. The van der Waals surface area contributed by atoms with Gasteiger partial charge in [0.2, 0.25) is 5.91 Å². The van der Waals surface area contributed by atoms with E-state index in [4.69, 9.17) is 0 Å². The van der Waals surface area contributed by atoms with Crippen LogP contribution in [-0.4, -0.2) is 76.1 Å². The maximum absolute atomic E-state index is 15.2. The third-order valence-corrected chi connectivity index (χ3v) is 6.32. The number of fused-ring (bicyclic) bond motifs is 2. The van der Waals surface area contributed by atoms with Crippen LogP contribution in [0.4, 0.5) is 15.8 Å². The second-order valence-electron chi connectivity index (χ2n) is 7.86. The van der Waals surface area contributed by atoms with Gasteiger partial charge < -0.3 is 19.6 Å². The fraction of sp³-hybridized carbons (Fsp3) is 0.632. The monoisotopic (exact) mass is 346 g/mol. The average Bonchev–Trinajstić information content (AvgIpc) is 2.81. The second-order valence-corrected chi connectivity index (χ2v) is 7.86. The predicted molar refractivity (Wildman–Crippen MR) is 97.9 cm³/mol. The van der Waals surface area contributed by atoms with E-state index in [-0.39, 0.29) is 11.7 Å². The van der Waals surface area contributed by atoms with Crippen molar-refractivity contribution in [1.82, 2.24) is 9.80 Å². The SMILES string of the molecule is CN1CCN(c2cc(F)c3c(c2)N(C)C(=O)C32CCN(C)CC2)CC1. The van der Waals surface area contributed by atoms with E-state index in [9.17, 15) is 4.79 Å². The van der Waals surface area contributed by atoms with E-state index >= 15 is 4.39 Å². The zero-order chi connectivity index (χ0) is 17.8. The Kier molecular flexibility index (Phi) is 4.00. The highest BCUT2D eigenvalue weighted by atomic mass is 19.1. The van der Waals surface area contributed by atoms with E-state index in [0.29, 0.717) is 18.4 Å². The largest absolute Gasteiger partial charge is 0.369 e. The first-order valence-corrected chi connectivity index (χ1v) is 9.16. The molecule has 2 fully saturated rings. The number of amides is 1. The molecule has 1 aromatic carbocycles. The van der Waals surface area contributed by atoms with Gasteiger partial charge in [0, 0.05) is 44.5 Å². The van der Waals surface area contributed by atoms with Crippen molar-refractivity contribution in [1.29, 1.82) is 0 Å². The third-order valence-electron chi connectivity index (χ3n) is 6.32. The van der Waals surface area contributed by atoms with Crippen LogP contribution in [0.5, 0.6) is 0 Å². The van der Waals surface area contributed by atoms with E-state index in [1.807, 2.05) is 6.07 Å². The van der Waals surface area contributed by atoms with Gasteiger partial charge in [-0.3, -0.25) is 4.79 Å². The van der Waals surface area contributed by atoms with Crippen molar-refractivity contribution in [2.45, 2.75) is 18.3 Å². The number of hydrogen-bond acceptors (Lipinski definition) is 4. The number of benzene rings is 1. The van der Waals surface area contributed by atoms with Crippen molar-refractivity contribution < 1.29 is 9.18 Å². The third kappa shape index (κ3) is 2.54. The molecule has 0 radical (unpaired) electrons. The number of hydrogen-bond donors (Lipinski definition) is 0. The van der Waals surface area contributed by atoms with Gasteiger partial charge >= 0.3 is 0 Å². The lowest BCUT2D eigenvalue weighted by Crippen LogP contribution is -2.47. The van der Waals surface area contributed by atoms with Gasteiger partial charge in [-0.25, -0.2) is 4.39 Å². The van der Waals surface area contributed by atoms with Crippen molar-refractivity contribution in [3.8, 4) is 0 Å². The van der Waals surface area contributed by atoms with Crippen LogP contribution in [-0.2, 0) is 10.2 Å². The minimum absolute atomic E-state index is 0.0602. The number of rotatable bonds is 1. The molecule has 136 valence electrons. The minimum Gasteiger partial charge on any atom is -0.369 e. The summed E-state index contributed by atoms with van der Waals surface area (Å²) >= 11 is 0. The molecule has 1 aromatic rings. The Bertz CT molecular complexity index is 691. The van der Waals surface area contributed by atoms with Gasteiger partial charge in [-0.15, -0.1) is 0 Å². The highest BCUT2D eigenvalue weighted by Crippen LogP contribution is 2.49. The fourth-order valence-electron chi connectivity index (χ4n) is 4.57. The Balaban J connectivity index is 1.73. The molecule has 0 aromatic heterocycles. The average molecular weight is 346 g/mol. The van der Waals surface area contributed by atoms with E-state index in [2.05, 4.69) is 28.8 Å². The van der Waals surface area contributed by atoms with Gasteiger partial charge in [0.05, 0.1) is 11.1 Å². The fourth-order valence-corrected chi connectivity index (χ4v) is 4.57. The van der Waals surface area contributed by atoms with Gasteiger partial charge in [-0.05, 0) is 52.2 Å². The first-order chi connectivity index (χ1) is 11.9. The number of likely N-dealkylation sites (tertiary alicyclic amines) is 1. The van der Waals surface area contributed by atoms with Crippen LogP contribution in [0.3, 0.4) is 0 Å². The molecule has 4 rings (SSSR count). The molecule has 0 aliphatic carbocycles. The molecule has 3 aliphatic heterocycles. The van der Waals surface area contributed by atoms with Crippen LogP contribution in [0.25, 0.3) is 0 Å². The summed E-state index contributed by atoms with van der Waals surface area (Å²) in [6.45, 7) is 5.40. The summed E-state index contributed by atoms with van der Waals surface area (Å²) in [5.74, 6) is -0.154. The van der Waals surface area contributed by atoms with Crippen molar-refractivity contribution in [3.05, 3.63) is 23.5 Å². The lowest BCUT2D eigenvalue weighted by molar-refractivity contribution is -0.124. The topological polar surface area (TPSA) is 30.0 Å². The smallest absolute Gasteiger partial charge is 0.237 e. The molecular formula is C19H27FN4O. The van der Waals surface area contributed by atoms with Gasteiger partial charge in [0.15, 0.2) is 0 Å². The van der Waals surface area contributed by atoms with Gasteiger partial charge in [-0.1, -0.05) is 0 Å². The van der Waals surface area contributed by atoms with Crippen LogP contribution < -0.4 is 9.80 Å². The van der Waals surface area contributed by atoms with Crippen LogP contribution >= 0.6 is 0 Å². The lowest BCUT2D eigenvalue weighted by Gasteiger charge is -2.37. The standard InChI is InChI=1S/C19H27FN4O/c1-21-6-4-19(5-7-21)17-15(20)12-14(13-16(17)23(3)18(19)25)24-10-8-22(2)9-11-24/h12-13H,4-11H2,1-3H3. The summed E-state index contributed by atoms with van der Waals surface area (Å²) < 4.78 is 15.2. The molecule has 2 saturated heterocycles. The number of likely N-dealkylation sites (N-methyl/N-ethyl adjacent to an activating group) is 2. The summed E-state index contributed by atoms with van der Waals surface area (Å²) in [4.78, 5) is 21.5. The van der Waals surface area contributed by atoms with Crippen LogP contribution in [0.1, 0.15) is 18.4 Å². The van der Waals surface area contributed by atoms with Gasteiger partial charge in [0.25, 0.3) is 0 Å². The molecule has 0 unspecified atom stereocenters. The van der Waals surface area contributed by atoms with E-state index in [1.54, 1.807) is 18.0 Å². The summed E-state index contributed by atoms with van der Waals surface area (Å²) in [7, 11) is 5.96.